The van der Waals surface area contributed by atoms with Gasteiger partial charge in [0.2, 0.25) is 0 Å². The first-order valence-electron chi connectivity index (χ1n) is 8.16. The van der Waals surface area contributed by atoms with E-state index in [1.54, 1.807) is 6.92 Å². The molecule has 152 valence electrons. The Balaban J connectivity index is 1.97. The first-order valence-corrected chi connectivity index (χ1v) is 8.91. The molecule has 0 aliphatic carbocycles. The van der Waals surface area contributed by atoms with Crippen LogP contribution in [-0.2, 0) is 0 Å². The molecule has 0 fully saturated rings. The highest BCUT2D eigenvalue weighted by Gasteiger charge is 2.42. The summed E-state index contributed by atoms with van der Waals surface area (Å²) in [4.78, 5) is 26.4. The van der Waals surface area contributed by atoms with Crippen molar-refractivity contribution >= 4 is 46.0 Å². The molecule has 0 bridgehead atoms. The molecule has 2 aromatic carbocycles. The molecule has 3 aromatic rings. The molecular weight excluding hydrogens is 432 g/mol. The van der Waals surface area contributed by atoms with Crippen molar-refractivity contribution in [3.63, 3.8) is 0 Å². The number of alkyl halides is 3. The van der Waals surface area contributed by atoms with E-state index in [2.05, 4.69) is 4.98 Å². The number of aryl methyl sites for hydroxylation is 1. The molecular formula is C19H13Cl2F3N2O3. The van der Waals surface area contributed by atoms with Crippen LogP contribution in [0.3, 0.4) is 0 Å². The molecule has 1 amide bonds. The third kappa shape index (κ3) is 4.49. The van der Waals surface area contributed by atoms with Crippen LogP contribution in [0.5, 0.6) is 0 Å². The number of aromatic amines is 1. The maximum Gasteiger partial charge on any atom is 0.412 e. The number of nitrogens with one attached hydrogen (secondary N) is 2. The maximum absolute atomic E-state index is 13.6. The summed E-state index contributed by atoms with van der Waals surface area (Å²) in [6.07, 6.45) is -4.80. The number of amides is 1. The highest BCUT2D eigenvalue weighted by Crippen LogP contribution is 2.35. The van der Waals surface area contributed by atoms with Gasteiger partial charge in [0.15, 0.2) is 6.04 Å². The first kappa shape index (κ1) is 21.0. The van der Waals surface area contributed by atoms with E-state index < -0.39 is 24.1 Å². The summed E-state index contributed by atoms with van der Waals surface area (Å²) >= 11 is 11.6. The van der Waals surface area contributed by atoms with Crippen molar-refractivity contribution in [2.24, 2.45) is 0 Å². The third-order valence-corrected chi connectivity index (χ3v) is 4.70. The zero-order chi connectivity index (χ0) is 21.5. The number of halogens is 5. The number of hydrogen-bond donors (Lipinski definition) is 3. The molecule has 10 heteroatoms. The van der Waals surface area contributed by atoms with Crippen LogP contribution in [0.25, 0.3) is 10.9 Å². The normalized spacial score (nSPS) is 12.8. The number of carbonyl (C=O) groups excluding carboxylic acids is 1. The summed E-state index contributed by atoms with van der Waals surface area (Å²) < 4.78 is 40.7. The van der Waals surface area contributed by atoms with Gasteiger partial charge in [0, 0.05) is 20.9 Å². The second kappa shape index (κ2) is 7.61. The van der Waals surface area contributed by atoms with Crippen molar-refractivity contribution in [1.82, 2.24) is 10.3 Å². The number of aromatic carboxylic acids is 1. The van der Waals surface area contributed by atoms with E-state index in [9.17, 15) is 27.9 Å². The molecule has 1 atom stereocenters. The lowest BCUT2D eigenvalue weighted by Crippen LogP contribution is -2.38. The number of hydrogen-bond acceptors (Lipinski definition) is 2. The minimum Gasteiger partial charge on any atom is -0.478 e. The molecule has 0 spiro atoms. The second-order valence-corrected chi connectivity index (χ2v) is 7.27. The number of carboxylic acid groups (broad SMARTS) is 1. The highest BCUT2D eigenvalue weighted by atomic mass is 35.5. The van der Waals surface area contributed by atoms with Gasteiger partial charge in [0.05, 0.1) is 5.56 Å². The van der Waals surface area contributed by atoms with Gasteiger partial charge in [0.25, 0.3) is 5.91 Å². The Morgan fingerprint density at radius 2 is 1.69 bits per heavy atom. The van der Waals surface area contributed by atoms with Gasteiger partial charge in [-0.2, -0.15) is 13.2 Å². The number of H-pyrrole nitrogens is 1. The van der Waals surface area contributed by atoms with Crippen LogP contribution in [0.15, 0.2) is 36.4 Å². The highest BCUT2D eigenvalue weighted by molar-refractivity contribution is 6.34. The molecule has 3 rings (SSSR count). The lowest BCUT2D eigenvalue weighted by molar-refractivity contribution is -0.155. The molecule has 1 heterocycles. The minimum absolute atomic E-state index is 0.00159. The Bertz CT molecular complexity index is 1110. The van der Waals surface area contributed by atoms with Gasteiger partial charge in [-0.05, 0) is 54.4 Å². The minimum atomic E-state index is -4.80. The SMILES string of the molecule is Cc1cc2[nH]c(C(=O)NC(c3cc(Cl)cc(Cl)c3)C(F)(F)F)cc2cc1C(=O)O. The van der Waals surface area contributed by atoms with Crippen LogP contribution in [-0.4, -0.2) is 28.1 Å². The first-order chi connectivity index (χ1) is 13.5. The lowest BCUT2D eigenvalue weighted by atomic mass is 10.1. The molecule has 3 N–H and O–H groups in total. The summed E-state index contributed by atoms with van der Waals surface area (Å²) in [5, 5.41) is 11.5. The molecule has 0 aliphatic heterocycles. The molecule has 0 saturated carbocycles. The number of benzene rings is 2. The Morgan fingerprint density at radius 1 is 1.07 bits per heavy atom. The number of aromatic nitrogens is 1. The number of carboxylic acids is 1. The summed E-state index contributed by atoms with van der Waals surface area (Å²) in [7, 11) is 0. The average molecular weight is 445 g/mol. The third-order valence-electron chi connectivity index (χ3n) is 4.26. The van der Waals surface area contributed by atoms with Gasteiger partial charge in [0.1, 0.15) is 5.69 Å². The van der Waals surface area contributed by atoms with Crippen LogP contribution in [0.2, 0.25) is 10.0 Å². The van der Waals surface area contributed by atoms with E-state index in [4.69, 9.17) is 23.2 Å². The topological polar surface area (TPSA) is 82.2 Å². The van der Waals surface area contributed by atoms with Crippen LogP contribution in [0.4, 0.5) is 13.2 Å². The Kier molecular flexibility index (Phi) is 5.51. The van der Waals surface area contributed by atoms with Crippen molar-refractivity contribution in [3.05, 3.63) is 68.8 Å². The summed E-state index contributed by atoms with van der Waals surface area (Å²) in [6.45, 7) is 1.58. The van der Waals surface area contributed by atoms with Crippen molar-refractivity contribution in [1.29, 1.82) is 0 Å². The molecule has 29 heavy (non-hydrogen) atoms. The van der Waals surface area contributed by atoms with Crippen LogP contribution in [0.1, 0.15) is 38.0 Å². The van der Waals surface area contributed by atoms with Crippen LogP contribution in [0, 0.1) is 6.92 Å². The molecule has 0 radical (unpaired) electrons. The molecule has 0 saturated heterocycles. The average Bonchev–Trinajstić information content (AvgIpc) is 2.99. The van der Waals surface area contributed by atoms with Crippen molar-refractivity contribution in [2.45, 2.75) is 19.1 Å². The van der Waals surface area contributed by atoms with E-state index >= 15 is 0 Å². The maximum atomic E-state index is 13.6. The zero-order valence-corrected chi connectivity index (χ0v) is 16.2. The zero-order valence-electron chi connectivity index (χ0n) is 14.7. The van der Waals surface area contributed by atoms with E-state index in [1.807, 2.05) is 5.32 Å². The van der Waals surface area contributed by atoms with Gasteiger partial charge in [-0.15, -0.1) is 0 Å². The fourth-order valence-electron chi connectivity index (χ4n) is 2.95. The summed E-state index contributed by atoms with van der Waals surface area (Å²) in [5.41, 5.74) is 0.436. The summed E-state index contributed by atoms with van der Waals surface area (Å²) in [6, 6.07) is 5.22. The Labute approximate surface area is 172 Å². The Morgan fingerprint density at radius 3 is 2.24 bits per heavy atom. The largest absolute Gasteiger partial charge is 0.478 e. The molecule has 0 aliphatic rings. The van der Waals surface area contributed by atoms with E-state index in [0.717, 1.165) is 12.1 Å². The lowest BCUT2D eigenvalue weighted by Gasteiger charge is -2.22. The smallest absolute Gasteiger partial charge is 0.412 e. The molecule has 1 aromatic heterocycles. The van der Waals surface area contributed by atoms with Gasteiger partial charge in [-0.3, -0.25) is 4.79 Å². The van der Waals surface area contributed by atoms with Crippen molar-refractivity contribution < 1.29 is 27.9 Å². The van der Waals surface area contributed by atoms with Crippen molar-refractivity contribution in [3.8, 4) is 0 Å². The fraction of sp³-hybridized carbons (Fsp3) is 0.158. The predicted molar refractivity (Wildman–Crippen MR) is 103 cm³/mol. The second-order valence-electron chi connectivity index (χ2n) is 6.39. The number of fused-ring (bicyclic) bond motifs is 1. The number of rotatable bonds is 4. The van der Waals surface area contributed by atoms with Gasteiger partial charge >= 0.3 is 12.1 Å². The fourth-order valence-corrected chi connectivity index (χ4v) is 3.49. The quantitative estimate of drug-likeness (QED) is 0.495. The van der Waals surface area contributed by atoms with E-state index in [1.165, 1.54) is 24.3 Å². The predicted octanol–water partition coefficient (Wildman–Crippen LogP) is 5.51. The molecule has 1 unspecified atom stereocenters. The Hall–Kier alpha value is -2.71. The van der Waals surface area contributed by atoms with Gasteiger partial charge in [-0.1, -0.05) is 23.2 Å². The number of carbonyl (C=O) groups is 2. The standard InChI is InChI=1S/C19H13Cl2F3N2O3/c1-8-2-14-9(5-13(8)18(28)29)6-15(25-14)17(27)26-16(19(22,23)24)10-3-11(20)7-12(21)4-10/h2-7,16,25H,1H3,(H,26,27)(H,28,29). The monoisotopic (exact) mass is 444 g/mol. The van der Waals surface area contributed by atoms with Crippen LogP contribution < -0.4 is 5.32 Å². The van der Waals surface area contributed by atoms with E-state index in [-0.39, 0.29) is 26.9 Å². The van der Waals surface area contributed by atoms with E-state index in [0.29, 0.717) is 16.5 Å². The van der Waals surface area contributed by atoms with Crippen molar-refractivity contribution in [2.75, 3.05) is 0 Å². The van der Waals surface area contributed by atoms with Gasteiger partial charge in [-0.25, -0.2) is 4.79 Å². The molecule has 5 nitrogen and oxygen atoms in total. The summed E-state index contributed by atoms with van der Waals surface area (Å²) in [5.74, 6) is -2.17. The van der Waals surface area contributed by atoms with Gasteiger partial charge < -0.3 is 15.4 Å². The van der Waals surface area contributed by atoms with Crippen LogP contribution >= 0.6 is 23.2 Å².